The van der Waals surface area contributed by atoms with Crippen molar-refractivity contribution in [2.24, 2.45) is 11.7 Å². The molecule has 1 aromatic heterocycles. The molecule has 2 heterocycles. The van der Waals surface area contributed by atoms with Gasteiger partial charge in [0.15, 0.2) is 0 Å². The molecule has 1 aromatic carbocycles. The number of fused-ring (bicyclic) bond motifs is 1. The Labute approximate surface area is 127 Å². The van der Waals surface area contributed by atoms with Crippen molar-refractivity contribution in [3.05, 3.63) is 34.5 Å². The smallest absolute Gasteiger partial charge is 0.132 e. The summed E-state index contributed by atoms with van der Waals surface area (Å²) >= 11 is 1.56. The standard InChI is InChI=1S/C16H20FNO2S/c17-13-2-1-3-14-16(13)12(15(8-18)21-14)10-20-9-11-4-6-19-7-5-11/h1-3,11H,4-10,18H2. The van der Waals surface area contributed by atoms with Gasteiger partial charge in [-0.3, -0.25) is 0 Å². The van der Waals surface area contributed by atoms with Crippen molar-refractivity contribution in [3.8, 4) is 0 Å². The first-order chi connectivity index (χ1) is 10.3. The molecule has 0 unspecified atom stereocenters. The third-order valence-electron chi connectivity index (χ3n) is 3.97. The highest BCUT2D eigenvalue weighted by molar-refractivity contribution is 7.19. The molecule has 5 heteroatoms. The summed E-state index contributed by atoms with van der Waals surface area (Å²) in [5.74, 6) is 0.364. The van der Waals surface area contributed by atoms with Gasteiger partial charge in [0.2, 0.25) is 0 Å². The molecule has 114 valence electrons. The normalized spacial score (nSPS) is 16.7. The van der Waals surface area contributed by atoms with Gasteiger partial charge in [0.25, 0.3) is 0 Å². The molecule has 0 atom stereocenters. The van der Waals surface area contributed by atoms with E-state index in [1.54, 1.807) is 17.4 Å². The maximum atomic E-state index is 14.1. The number of nitrogens with two attached hydrogens (primary N) is 1. The second-order valence-electron chi connectivity index (χ2n) is 5.39. The fourth-order valence-electron chi connectivity index (χ4n) is 2.77. The molecule has 1 aliphatic heterocycles. The summed E-state index contributed by atoms with van der Waals surface area (Å²) in [7, 11) is 0. The van der Waals surface area contributed by atoms with Crippen molar-refractivity contribution < 1.29 is 13.9 Å². The molecule has 1 fully saturated rings. The number of halogens is 1. The first-order valence-electron chi connectivity index (χ1n) is 7.34. The Morgan fingerprint density at radius 1 is 1.33 bits per heavy atom. The summed E-state index contributed by atoms with van der Waals surface area (Å²) in [6.45, 7) is 3.20. The van der Waals surface area contributed by atoms with Gasteiger partial charge in [-0.15, -0.1) is 11.3 Å². The van der Waals surface area contributed by atoms with Gasteiger partial charge >= 0.3 is 0 Å². The molecule has 0 amide bonds. The van der Waals surface area contributed by atoms with Gasteiger partial charge in [-0.25, -0.2) is 4.39 Å². The Morgan fingerprint density at radius 2 is 2.14 bits per heavy atom. The van der Waals surface area contributed by atoms with Crippen molar-refractivity contribution in [3.63, 3.8) is 0 Å². The zero-order valence-electron chi connectivity index (χ0n) is 11.9. The molecular weight excluding hydrogens is 289 g/mol. The monoisotopic (exact) mass is 309 g/mol. The van der Waals surface area contributed by atoms with E-state index < -0.39 is 0 Å². The predicted molar refractivity (Wildman–Crippen MR) is 82.9 cm³/mol. The lowest BCUT2D eigenvalue weighted by Crippen LogP contribution is -2.20. The van der Waals surface area contributed by atoms with E-state index >= 15 is 0 Å². The van der Waals surface area contributed by atoms with Gasteiger partial charge in [-0.1, -0.05) is 6.07 Å². The second kappa shape index (κ2) is 6.83. The van der Waals surface area contributed by atoms with Gasteiger partial charge in [0, 0.05) is 40.3 Å². The molecular formula is C16H20FNO2S. The zero-order valence-corrected chi connectivity index (χ0v) is 12.8. The van der Waals surface area contributed by atoms with Gasteiger partial charge in [-0.05, 0) is 30.9 Å². The maximum absolute atomic E-state index is 14.1. The van der Waals surface area contributed by atoms with E-state index in [2.05, 4.69) is 0 Å². The topological polar surface area (TPSA) is 44.5 Å². The van der Waals surface area contributed by atoms with E-state index in [1.165, 1.54) is 6.07 Å². The second-order valence-corrected chi connectivity index (χ2v) is 6.53. The van der Waals surface area contributed by atoms with Crippen LogP contribution in [0.15, 0.2) is 18.2 Å². The molecule has 21 heavy (non-hydrogen) atoms. The van der Waals surface area contributed by atoms with Gasteiger partial charge < -0.3 is 15.2 Å². The van der Waals surface area contributed by atoms with E-state index in [4.69, 9.17) is 15.2 Å². The fourth-order valence-corrected chi connectivity index (χ4v) is 3.88. The van der Waals surface area contributed by atoms with Crippen molar-refractivity contribution in [2.75, 3.05) is 19.8 Å². The quantitative estimate of drug-likeness (QED) is 0.920. The minimum atomic E-state index is -0.187. The lowest BCUT2D eigenvalue weighted by atomic mass is 10.0. The third kappa shape index (κ3) is 3.26. The summed E-state index contributed by atoms with van der Waals surface area (Å²) in [5.41, 5.74) is 6.71. The van der Waals surface area contributed by atoms with Crippen molar-refractivity contribution in [1.82, 2.24) is 0 Å². The molecule has 2 N–H and O–H groups in total. The number of thiophene rings is 1. The predicted octanol–water partition coefficient (Wildman–Crippen LogP) is 3.44. The summed E-state index contributed by atoms with van der Waals surface area (Å²) in [6, 6.07) is 5.17. The van der Waals surface area contributed by atoms with Crippen LogP contribution in [0.5, 0.6) is 0 Å². The highest BCUT2D eigenvalue weighted by atomic mass is 32.1. The van der Waals surface area contributed by atoms with Crippen LogP contribution in [0, 0.1) is 11.7 Å². The van der Waals surface area contributed by atoms with Gasteiger partial charge in [0.05, 0.1) is 13.2 Å². The minimum absolute atomic E-state index is 0.187. The molecule has 0 aliphatic carbocycles. The van der Waals surface area contributed by atoms with Gasteiger partial charge in [0.1, 0.15) is 5.82 Å². The first-order valence-corrected chi connectivity index (χ1v) is 8.15. The van der Waals surface area contributed by atoms with Crippen LogP contribution < -0.4 is 5.73 Å². The number of benzene rings is 1. The van der Waals surface area contributed by atoms with Crippen molar-refractivity contribution >= 4 is 21.4 Å². The van der Waals surface area contributed by atoms with Crippen LogP contribution in [0.2, 0.25) is 0 Å². The largest absolute Gasteiger partial charge is 0.381 e. The molecule has 0 spiro atoms. The zero-order chi connectivity index (χ0) is 14.7. The fraction of sp³-hybridized carbons (Fsp3) is 0.500. The Hall–Kier alpha value is -1.01. The first kappa shape index (κ1) is 14.9. The summed E-state index contributed by atoms with van der Waals surface area (Å²) in [5, 5.41) is 0.676. The van der Waals surface area contributed by atoms with E-state index in [1.807, 2.05) is 6.07 Å². The Bertz CT molecular complexity index is 608. The van der Waals surface area contributed by atoms with Crippen LogP contribution in [0.4, 0.5) is 4.39 Å². The molecule has 1 saturated heterocycles. The SMILES string of the molecule is NCc1sc2cccc(F)c2c1COCC1CCOCC1. The number of rotatable bonds is 5. The summed E-state index contributed by atoms with van der Waals surface area (Å²) < 4.78 is 26.2. The van der Waals surface area contributed by atoms with Crippen LogP contribution in [-0.2, 0) is 22.6 Å². The lowest BCUT2D eigenvalue weighted by molar-refractivity contribution is 0.0159. The average molecular weight is 309 g/mol. The third-order valence-corrected chi connectivity index (χ3v) is 5.19. The summed E-state index contributed by atoms with van der Waals surface area (Å²) in [6.07, 6.45) is 2.09. The van der Waals surface area contributed by atoms with Crippen LogP contribution >= 0.6 is 11.3 Å². The van der Waals surface area contributed by atoms with Crippen molar-refractivity contribution in [1.29, 1.82) is 0 Å². The van der Waals surface area contributed by atoms with Gasteiger partial charge in [-0.2, -0.15) is 0 Å². The molecule has 0 saturated carbocycles. The molecule has 0 radical (unpaired) electrons. The Balaban J connectivity index is 1.73. The van der Waals surface area contributed by atoms with E-state index in [9.17, 15) is 4.39 Å². The molecule has 2 aromatic rings. The van der Waals surface area contributed by atoms with Crippen LogP contribution in [0.1, 0.15) is 23.3 Å². The maximum Gasteiger partial charge on any atom is 0.132 e. The number of ether oxygens (including phenoxy) is 2. The number of hydrogen-bond donors (Lipinski definition) is 1. The Morgan fingerprint density at radius 3 is 2.90 bits per heavy atom. The lowest BCUT2D eigenvalue weighted by Gasteiger charge is -2.21. The minimum Gasteiger partial charge on any atom is -0.381 e. The summed E-state index contributed by atoms with van der Waals surface area (Å²) in [4.78, 5) is 1.02. The Kier molecular flexibility index (Phi) is 4.85. The van der Waals surface area contributed by atoms with Crippen LogP contribution in [0.3, 0.4) is 0 Å². The molecule has 1 aliphatic rings. The molecule has 3 rings (SSSR count). The average Bonchev–Trinajstić information content (AvgIpc) is 2.88. The highest BCUT2D eigenvalue weighted by Crippen LogP contribution is 2.33. The molecule has 0 bridgehead atoms. The van der Waals surface area contributed by atoms with Crippen LogP contribution in [-0.4, -0.2) is 19.8 Å². The van der Waals surface area contributed by atoms with E-state index in [0.717, 1.165) is 41.2 Å². The van der Waals surface area contributed by atoms with E-state index in [-0.39, 0.29) is 5.82 Å². The van der Waals surface area contributed by atoms with E-state index in [0.29, 0.717) is 31.1 Å². The molecule has 3 nitrogen and oxygen atoms in total. The number of hydrogen-bond acceptors (Lipinski definition) is 4. The highest BCUT2D eigenvalue weighted by Gasteiger charge is 2.17. The van der Waals surface area contributed by atoms with Crippen LogP contribution in [0.25, 0.3) is 10.1 Å². The van der Waals surface area contributed by atoms with Crippen molar-refractivity contribution in [2.45, 2.75) is 26.0 Å².